The Balaban J connectivity index is 0.958. The van der Waals surface area contributed by atoms with Crippen LogP contribution >= 0.6 is 0 Å². The van der Waals surface area contributed by atoms with Crippen LogP contribution in [-0.4, -0.2) is 15.0 Å². The SMILES string of the molecule is CC1(C)c2cc(-c3ccc4ccc5cccc6ccc3c4c56)ccc2-c2c(-c3cccc(-c4nc(-c5ccccc5)nc(-c5ccc(-c6ccccc6)cc5)n4)c3)cccc21. The molecule has 0 fully saturated rings. The summed E-state index contributed by atoms with van der Waals surface area (Å²) in [7, 11) is 0. The predicted octanol–water partition coefficient (Wildman–Crippen LogP) is 15.1. The van der Waals surface area contributed by atoms with Crippen LogP contribution in [0.4, 0.5) is 0 Å². The van der Waals surface area contributed by atoms with E-state index < -0.39 is 0 Å². The normalized spacial score (nSPS) is 12.9. The highest BCUT2D eigenvalue weighted by molar-refractivity contribution is 6.25. The van der Waals surface area contributed by atoms with Crippen LogP contribution in [0.1, 0.15) is 25.0 Å². The van der Waals surface area contributed by atoms with E-state index in [1.165, 1.54) is 76.8 Å². The van der Waals surface area contributed by atoms with Crippen LogP contribution in [0.2, 0.25) is 0 Å². The molecule has 1 aliphatic rings. The van der Waals surface area contributed by atoms with E-state index in [0.29, 0.717) is 17.5 Å². The molecule has 0 spiro atoms. The molecular weight excluding hydrogens is 739 g/mol. The number of hydrogen-bond donors (Lipinski definition) is 0. The summed E-state index contributed by atoms with van der Waals surface area (Å²) in [6, 6.07) is 72.1. The Morgan fingerprint density at radius 1 is 0.311 bits per heavy atom. The highest BCUT2D eigenvalue weighted by atomic mass is 15.0. The Hall–Kier alpha value is -7.75. The van der Waals surface area contributed by atoms with Gasteiger partial charge in [0, 0.05) is 22.1 Å². The van der Waals surface area contributed by atoms with E-state index in [0.717, 1.165) is 27.8 Å². The molecule has 0 aliphatic heterocycles. The van der Waals surface area contributed by atoms with Gasteiger partial charge in [-0.1, -0.05) is 202 Å². The van der Waals surface area contributed by atoms with E-state index in [1.54, 1.807) is 0 Å². The fourth-order valence-electron chi connectivity index (χ4n) is 9.80. The molecule has 0 amide bonds. The average molecular weight is 778 g/mol. The van der Waals surface area contributed by atoms with Gasteiger partial charge in [0.05, 0.1) is 0 Å². The van der Waals surface area contributed by atoms with Gasteiger partial charge >= 0.3 is 0 Å². The van der Waals surface area contributed by atoms with Gasteiger partial charge in [0.1, 0.15) is 0 Å². The molecule has 3 heteroatoms. The molecule has 0 saturated carbocycles. The predicted molar refractivity (Wildman–Crippen MR) is 254 cm³/mol. The van der Waals surface area contributed by atoms with Gasteiger partial charge in [0.15, 0.2) is 17.5 Å². The summed E-state index contributed by atoms with van der Waals surface area (Å²) >= 11 is 0. The quantitative estimate of drug-likeness (QED) is 0.158. The van der Waals surface area contributed by atoms with Crippen LogP contribution < -0.4 is 0 Å². The molecule has 1 heterocycles. The third kappa shape index (κ3) is 5.69. The molecule has 11 aromatic rings. The maximum atomic E-state index is 5.13. The van der Waals surface area contributed by atoms with Crippen molar-refractivity contribution < 1.29 is 0 Å². The van der Waals surface area contributed by atoms with E-state index in [4.69, 9.17) is 15.0 Å². The minimum Gasteiger partial charge on any atom is -0.208 e. The van der Waals surface area contributed by atoms with Crippen LogP contribution in [0, 0.1) is 0 Å². The van der Waals surface area contributed by atoms with Crippen molar-refractivity contribution in [2.24, 2.45) is 0 Å². The first kappa shape index (κ1) is 35.2. The second-order valence-electron chi connectivity index (χ2n) is 16.8. The molecule has 0 radical (unpaired) electrons. The third-order valence-electron chi connectivity index (χ3n) is 12.9. The fraction of sp³-hybridized carbons (Fsp3) is 0.0517. The topological polar surface area (TPSA) is 38.7 Å². The molecular formula is C58H39N3. The van der Waals surface area contributed by atoms with Crippen molar-refractivity contribution in [2.45, 2.75) is 19.3 Å². The molecule has 0 unspecified atom stereocenters. The number of hydrogen-bond acceptors (Lipinski definition) is 3. The molecule has 1 aromatic heterocycles. The van der Waals surface area contributed by atoms with E-state index in [1.807, 2.05) is 24.3 Å². The van der Waals surface area contributed by atoms with Gasteiger partial charge < -0.3 is 0 Å². The lowest BCUT2D eigenvalue weighted by Crippen LogP contribution is -2.15. The highest BCUT2D eigenvalue weighted by Crippen LogP contribution is 2.53. The summed E-state index contributed by atoms with van der Waals surface area (Å²) in [6.07, 6.45) is 0. The first-order valence-electron chi connectivity index (χ1n) is 21.0. The standard InChI is InChI=1S/C58H39N3/c1-58(2)50-21-11-20-47(54(50)49-33-30-44(35-51(49)58)46-31-28-40-25-24-38-16-9-17-39-29-32-48(46)53(40)52(38)39)43-18-10-19-45(34-43)57-60-55(41-14-7-4-8-15-41)59-56(61-57)42-26-22-37(23-27-42)36-12-5-3-6-13-36/h3-35H,1-2H3. The maximum absolute atomic E-state index is 5.13. The summed E-state index contributed by atoms with van der Waals surface area (Å²) in [5.41, 5.74) is 15.1. The van der Waals surface area contributed by atoms with Crippen LogP contribution in [0.15, 0.2) is 200 Å². The van der Waals surface area contributed by atoms with Crippen molar-refractivity contribution in [1.82, 2.24) is 15.0 Å². The van der Waals surface area contributed by atoms with E-state index in [2.05, 4.69) is 190 Å². The number of fused-ring (bicyclic) bond motifs is 3. The summed E-state index contributed by atoms with van der Waals surface area (Å²) in [4.78, 5) is 15.2. The van der Waals surface area contributed by atoms with Gasteiger partial charge in [0.25, 0.3) is 0 Å². The van der Waals surface area contributed by atoms with Gasteiger partial charge in [-0.25, -0.2) is 15.0 Å². The lowest BCUT2D eigenvalue weighted by atomic mass is 9.81. The van der Waals surface area contributed by atoms with Crippen molar-refractivity contribution >= 4 is 32.3 Å². The summed E-state index contributed by atoms with van der Waals surface area (Å²) in [5, 5.41) is 7.86. The van der Waals surface area contributed by atoms with Crippen molar-refractivity contribution in [3.8, 4) is 78.7 Å². The average Bonchev–Trinajstić information content (AvgIpc) is 3.56. The molecule has 0 atom stereocenters. The molecule has 0 N–H and O–H groups in total. The van der Waals surface area contributed by atoms with E-state index in [9.17, 15) is 0 Å². The first-order valence-corrected chi connectivity index (χ1v) is 21.0. The molecule has 61 heavy (non-hydrogen) atoms. The Bertz CT molecular complexity index is 3460. The van der Waals surface area contributed by atoms with Gasteiger partial charge in [-0.05, 0) is 100 Å². The lowest BCUT2D eigenvalue weighted by Gasteiger charge is -2.22. The fourth-order valence-corrected chi connectivity index (χ4v) is 9.80. The number of rotatable bonds is 6. The van der Waals surface area contributed by atoms with E-state index >= 15 is 0 Å². The van der Waals surface area contributed by atoms with Crippen LogP contribution in [0.25, 0.3) is 111 Å². The van der Waals surface area contributed by atoms with Crippen LogP contribution in [0.3, 0.4) is 0 Å². The monoisotopic (exact) mass is 777 g/mol. The lowest BCUT2D eigenvalue weighted by molar-refractivity contribution is 0.661. The highest BCUT2D eigenvalue weighted by Gasteiger charge is 2.37. The van der Waals surface area contributed by atoms with Crippen LogP contribution in [-0.2, 0) is 5.41 Å². The van der Waals surface area contributed by atoms with Crippen molar-refractivity contribution in [3.05, 3.63) is 211 Å². The van der Waals surface area contributed by atoms with Crippen molar-refractivity contribution in [3.63, 3.8) is 0 Å². The second-order valence-corrected chi connectivity index (χ2v) is 16.8. The third-order valence-corrected chi connectivity index (χ3v) is 12.9. The Morgan fingerprint density at radius 3 is 1.54 bits per heavy atom. The summed E-state index contributed by atoms with van der Waals surface area (Å²) in [5.74, 6) is 1.93. The smallest absolute Gasteiger partial charge is 0.164 e. The molecule has 286 valence electrons. The second kappa shape index (κ2) is 13.7. The first-order chi connectivity index (χ1) is 30.0. The number of nitrogens with zero attached hydrogens (tertiary/aromatic N) is 3. The van der Waals surface area contributed by atoms with E-state index in [-0.39, 0.29) is 5.41 Å². The molecule has 3 nitrogen and oxygen atoms in total. The van der Waals surface area contributed by atoms with Crippen molar-refractivity contribution in [2.75, 3.05) is 0 Å². The number of aromatic nitrogens is 3. The zero-order chi connectivity index (χ0) is 40.7. The Kier molecular flexibility index (Phi) is 7.88. The van der Waals surface area contributed by atoms with Crippen molar-refractivity contribution in [1.29, 1.82) is 0 Å². The van der Waals surface area contributed by atoms with Crippen LogP contribution in [0.5, 0.6) is 0 Å². The van der Waals surface area contributed by atoms with Gasteiger partial charge in [-0.15, -0.1) is 0 Å². The molecule has 1 aliphatic carbocycles. The minimum absolute atomic E-state index is 0.193. The van der Waals surface area contributed by atoms with Gasteiger partial charge in [0.2, 0.25) is 0 Å². The minimum atomic E-state index is -0.193. The maximum Gasteiger partial charge on any atom is 0.164 e. The number of benzene rings is 10. The molecule has 0 saturated heterocycles. The van der Waals surface area contributed by atoms with Gasteiger partial charge in [-0.2, -0.15) is 0 Å². The summed E-state index contributed by atoms with van der Waals surface area (Å²) in [6.45, 7) is 4.74. The largest absolute Gasteiger partial charge is 0.208 e. The molecule has 10 aromatic carbocycles. The Morgan fingerprint density at radius 2 is 0.803 bits per heavy atom. The molecule has 0 bridgehead atoms. The zero-order valence-corrected chi connectivity index (χ0v) is 33.9. The zero-order valence-electron chi connectivity index (χ0n) is 33.9. The molecule has 12 rings (SSSR count). The Labute approximate surface area is 355 Å². The summed E-state index contributed by atoms with van der Waals surface area (Å²) < 4.78 is 0. The van der Waals surface area contributed by atoms with Gasteiger partial charge in [-0.3, -0.25) is 0 Å².